The van der Waals surface area contributed by atoms with Gasteiger partial charge in [-0.3, -0.25) is 4.79 Å². The molecule has 1 saturated heterocycles. The number of aromatic nitrogens is 2. The summed E-state index contributed by atoms with van der Waals surface area (Å²) in [6.45, 7) is 4.86. The molecule has 0 radical (unpaired) electrons. The number of aromatic amines is 2. The lowest BCUT2D eigenvalue weighted by Gasteiger charge is -2.26. The molecule has 1 aliphatic rings. The summed E-state index contributed by atoms with van der Waals surface area (Å²) in [4.78, 5) is 30.3. The number of nitrogens with one attached hydrogen (secondary N) is 4. The number of hydrogen-bond acceptors (Lipinski definition) is 2. The second-order valence-corrected chi connectivity index (χ2v) is 6.97. The number of carbonyl (C=O) groups excluding carboxylic acids is 1. The Morgan fingerprint density at radius 2 is 1.95 bits per heavy atom. The molecule has 0 unspecified atom stereocenters. The Bertz CT molecular complexity index is 744. The van der Waals surface area contributed by atoms with Crippen LogP contribution in [0.15, 0.2) is 21.4 Å². The van der Waals surface area contributed by atoms with Gasteiger partial charge in [0.1, 0.15) is 0 Å². The van der Waals surface area contributed by atoms with Crippen LogP contribution in [0.4, 0.5) is 5.69 Å². The standard InChI is InChI=1S/C15H19BrN4O2/c1-9-2-4-20(5-3-9)8-14(21)17-11-7-13-12(6-10(11)16)18-15(22)19-13/h6-7,9H,2-5,8H2,1H3,(H,17,21)(H2,18,19,22)/p+1. The molecule has 2 heterocycles. The molecule has 0 spiro atoms. The highest BCUT2D eigenvalue weighted by atomic mass is 79.9. The Kier molecular flexibility index (Phi) is 4.35. The number of anilines is 1. The van der Waals surface area contributed by atoms with E-state index in [2.05, 4.69) is 38.1 Å². The average molecular weight is 368 g/mol. The average Bonchev–Trinajstić information content (AvgIpc) is 2.81. The SMILES string of the molecule is CC1CC[NH+](CC(=O)Nc2cc3[nH]c(=O)[nH]c3cc2Br)CC1. The van der Waals surface area contributed by atoms with Crippen molar-refractivity contribution in [2.45, 2.75) is 19.8 Å². The zero-order valence-corrected chi connectivity index (χ0v) is 14.0. The summed E-state index contributed by atoms with van der Waals surface area (Å²) < 4.78 is 0.755. The fraction of sp³-hybridized carbons (Fsp3) is 0.467. The Morgan fingerprint density at radius 1 is 1.32 bits per heavy atom. The van der Waals surface area contributed by atoms with E-state index in [4.69, 9.17) is 0 Å². The van der Waals surface area contributed by atoms with Crippen LogP contribution in [0.1, 0.15) is 19.8 Å². The van der Waals surface area contributed by atoms with Gasteiger partial charge in [-0.05, 0) is 46.8 Å². The van der Waals surface area contributed by atoms with Gasteiger partial charge in [0, 0.05) is 4.47 Å². The van der Waals surface area contributed by atoms with E-state index < -0.39 is 0 Å². The quantitative estimate of drug-likeness (QED) is 0.649. The van der Waals surface area contributed by atoms with Crippen LogP contribution in [0.25, 0.3) is 11.0 Å². The number of halogens is 1. The monoisotopic (exact) mass is 367 g/mol. The maximum absolute atomic E-state index is 12.2. The van der Waals surface area contributed by atoms with E-state index in [1.807, 2.05) is 0 Å². The Hall–Kier alpha value is -1.60. The third-order valence-corrected chi connectivity index (χ3v) is 4.93. The molecular formula is C15H20BrN4O2+. The number of H-pyrrole nitrogens is 2. The first kappa shape index (κ1) is 15.3. The molecule has 0 bridgehead atoms. The highest BCUT2D eigenvalue weighted by molar-refractivity contribution is 9.10. The van der Waals surface area contributed by atoms with Crippen LogP contribution in [0.2, 0.25) is 0 Å². The van der Waals surface area contributed by atoms with Crippen molar-refractivity contribution in [3.8, 4) is 0 Å². The Morgan fingerprint density at radius 3 is 2.64 bits per heavy atom. The first-order valence-electron chi connectivity index (χ1n) is 7.56. The van der Waals surface area contributed by atoms with Crippen molar-refractivity contribution >= 4 is 38.6 Å². The van der Waals surface area contributed by atoms with Crippen LogP contribution in [0.3, 0.4) is 0 Å². The maximum atomic E-state index is 12.2. The number of carbonyl (C=O) groups is 1. The molecule has 0 atom stereocenters. The summed E-state index contributed by atoms with van der Waals surface area (Å²) in [5, 5.41) is 2.93. The van der Waals surface area contributed by atoms with E-state index >= 15 is 0 Å². The van der Waals surface area contributed by atoms with Crippen molar-refractivity contribution in [2.75, 3.05) is 25.0 Å². The minimum Gasteiger partial charge on any atom is -0.327 e. The fourth-order valence-corrected chi connectivity index (χ4v) is 3.36. The van der Waals surface area contributed by atoms with Crippen LogP contribution in [-0.4, -0.2) is 35.5 Å². The molecule has 0 aliphatic carbocycles. The van der Waals surface area contributed by atoms with E-state index in [9.17, 15) is 9.59 Å². The minimum absolute atomic E-state index is 0.00230. The van der Waals surface area contributed by atoms with Crippen LogP contribution in [0.5, 0.6) is 0 Å². The van der Waals surface area contributed by atoms with Gasteiger partial charge in [0.05, 0.1) is 29.8 Å². The molecule has 4 N–H and O–H groups in total. The number of quaternary nitrogens is 1. The lowest BCUT2D eigenvalue weighted by molar-refractivity contribution is -0.897. The normalized spacial score (nSPS) is 21.9. The van der Waals surface area contributed by atoms with Crippen molar-refractivity contribution in [1.29, 1.82) is 0 Å². The number of piperidine rings is 1. The summed E-state index contributed by atoms with van der Waals surface area (Å²) >= 11 is 3.43. The Balaban J connectivity index is 1.68. The van der Waals surface area contributed by atoms with Crippen LogP contribution in [-0.2, 0) is 4.79 Å². The summed E-state index contributed by atoms with van der Waals surface area (Å²) in [5.41, 5.74) is 1.82. The first-order valence-corrected chi connectivity index (χ1v) is 8.35. The van der Waals surface area contributed by atoms with Crippen molar-refractivity contribution in [3.05, 3.63) is 27.1 Å². The first-order chi connectivity index (χ1) is 10.5. The molecule has 2 aromatic rings. The third-order valence-electron chi connectivity index (χ3n) is 4.27. The second-order valence-electron chi connectivity index (χ2n) is 6.11. The largest absolute Gasteiger partial charge is 0.327 e. The number of benzene rings is 1. The van der Waals surface area contributed by atoms with E-state index in [1.165, 1.54) is 17.7 Å². The summed E-state index contributed by atoms with van der Waals surface area (Å²) in [6, 6.07) is 3.56. The van der Waals surface area contributed by atoms with Crippen LogP contribution >= 0.6 is 15.9 Å². The number of imidazole rings is 1. The molecule has 0 saturated carbocycles. The number of hydrogen-bond donors (Lipinski definition) is 4. The molecule has 1 fully saturated rings. The van der Waals surface area contributed by atoms with Crippen molar-refractivity contribution < 1.29 is 9.69 Å². The lowest BCUT2D eigenvalue weighted by atomic mass is 9.99. The molecular weight excluding hydrogens is 348 g/mol. The number of amides is 1. The smallest absolute Gasteiger partial charge is 0.323 e. The van der Waals surface area contributed by atoms with Crippen molar-refractivity contribution in [1.82, 2.24) is 9.97 Å². The van der Waals surface area contributed by atoms with E-state index in [0.717, 1.165) is 23.5 Å². The maximum Gasteiger partial charge on any atom is 0.323 e. The highest BCUT2D eigenvalue weighted by Crippen LogP contribution is 2.26. The zero-order valence-electron chi connectivity index (χ0n) is 12.5. The highest BCUT2D eigenvalue weighted by Gasteiger charge is 2.21. The van der Waals surface area contributed by atoms with Gasteiger partial charge in [0.15, 0.2) is 6.54 Å². The van der Waals surface area contributed by atoms with Crippen molar-refractivity contribution in [3.63, 3.8) is 0 Å². The summed E-state index contributed by atoms with van der Waals surface area (Å²) in [5.74, 6) is 0.774. The molecule has 118 valence electrons. The van der Waals surface area contributed by atoms with Gasteiger partial charge in [-0.1, -0.05) is 6.92 Å². The molecule has 3 rings (SSSR count). The van der Waals surface area contributed by atoms with E-state index in [-0.39, 0.29) is 11.6 Å². The van der Waals surface area contributed by atoms with Gasteiger partial charge in [-0.25, -0.2) is 4.79 Å². The van der Waals surface area contributed by atoms with Crippen molar-refractivity contribution in [2.24, 2.45) is 5.92 Å². The van der Waals surface area contributed by atoms with Gasteiger partial charge in [0.2, 0.25) is 0 Å². The topological polar surface area (TPSA) is 82.2 Å². The van der Waals surface area contributed by atoms with Gasteiger partial charge >= 0.3 is 5.69 Å². The number of rotatable bonds is 3. The van der Waals surface area contributed by atoms with Gasteiger partial charge < -0.3 is 20.2 Å². The predicted octanol–water partition coefficient (Wildman–Crippen LogP) is 0.872. The molecule has 22 heavy (non-hydrogen) atoms. The molecule has 1 aliphatic heterocycles. The van der Waals surface area contributed by atoms with Crippen LogP contribution in [0, 0.1) is 5.92 Å². The third kappa shape index (κ3) is 3.41. The van der Waals surface area contributed by atoms with Crippen LogP contribution < -0.4 is 15.9 Å². The zero-order chi connectivity index (χ0) is 15.7. The lowest BCUT2D eigenvalue weighted by Crippen LogP contribution is -3.14. The summed E-state index contributed by atoms with van der Waals surface area (Å²) in [6.07, 6.45) is 2.37. The summed E-state index contributed by atoms with van der Waals surface area (Å²) in [7, 11) is 0. The second kappa shape index (κ2) is 6.26. The fourth-order valence-electron chi connectivity index (χ4n) is 2.92. The predicted molar refractivity (Wildman–Crippen MR) is 89.2 cm³/mol. The molecule has 1 amide bonds. The Labute approximate surface area is 136 Å². The van der Waals surface area contributed by atoms with E-state index in [0.29, 0.717) is 23.3 Å². The van der Waals surface area contributed by atoms with E-state index in [1.54, 1.807) is 12.1 Å². The van der Waals surface area contributed by atoms with Gasteiger partial charge in [0.25, 0.3) is 5.91 Å². The number of likely N-dealkylation sites (tertiary alicyclic amines) is 1. The molecule has 6 nitrogen and oxygen atoms in total. The molecule has 7 heteroatoms. The van der Waals surface area contributed by atoms with Gasteiger partial charge in [-0.15, -0.1) is 0 Å². The molecule has 1 aromatic carbocycles. The van der Waals surface area contributed by atoms with Gasteiger partial charge in [-0.2, -0.15) is 0 Å². The molecule has 1 aromatic heterocycles. The minimum atomic E-state index is -0.253. The number of fused-ring (bicyclic) bond motifs is 1.